The molecule has 0 saturated heterocycles. The smallest absolute Gasteiger partial charge is 0.313 e. The van der Waals surface area contributed by atoms with E-state index in [1.807, 2.05) is 0 Å². The Hall–Kier alpha value is -1.43. The van der Waals surface area contributed by atoms with Crippen LogP contribution in [0, 0.1) is 5.41 Å². The van der Waals surface area contributed by atoms with E-state index < -0.39 is 5.41 Å². The molecule has 1 rings (SSSR count). The van der Waals surface area contributed by atoms with Gasteiger partial charge in [-0.3, -0.25) is 14.8 Å². The largest absolute Gasteiger partial charge is 0.469 e. The molecule has 0 amide bonds. The number of nitrogens with one attached hydrogen (secondary N) is 1. The predicted octanol–water partition coefficient (Wildman–Crippen LogP) is -0.498. The average molecular weight is 212 g/mol. The molecule has 6 nitrogen and oxygen atoms in total. The van der Waals surface area contributed by atoms with E-state index in [1.54, 1.807) is 7.05 Å². The van der Waals surface area contributed by atoms with Crippen molar-refractivity contribution < 1.29 is 9.53 Å². The molecule has 0 spiro atoms. The summed E-state index contributed by atoms with van der Waals surface area (Å²) in [6.45, 7) is 0.431. The van der Waals surface area contributed by atoms with Gasteiger partial charge < -0.3 is 10.2 Å². The number of nitrogens with zero attached hydrogens (tertiary/aromatic N) is 2. The van der Waals surface area contributed by atoms with E-state index >= 15 is 0 Å². The van der Waals surface area contributed by atoms with E-state index in [2.05, 4.69) is 15.4 Å². The molecule has 0 aromatic heterocycles. The van der Waals surface area contributed by atoms with Gasteiger partial charge in [-0.25, -0.2) is 5.84 Å². The van der Waals surface area contributed by atoms with Crippen LogP contribution in [0.4, 0.5) is 0 Å². The van der Waals surface area contributed by atoms with Gasteiger partial charge in [-0.1, -0.05) is 0 Å². The molecule has 3 N–H and O–H groups in total. The lowest BCUT2D eigenvalue weighted by atomic mass is 10.1. The van der Waals surface area contributed by atoms with Gasteiger partial charge in [0.25, 0.3) is 0 Å². The maximum Gasteiger partial charge on any atom is 0.313 e. The van der Waals surface area contributed by atoms with Crippen LogP contribution < -0.4 is 11.3 Å². The summed E-state index contributed by atoms with van der Waals surface area (Å²) in [5.41, 5.74) is 2.00. The summed E-state index contributed by atoms with van der Waals surface area (Å²) in [6, 6.07) is 0. The van der Waals surface area contributed by atoms with Crippen LogP contribution in [0.5, 0.6) is 0 Å². The standard InChI is InChI=1S/C9H16N4O2/c1-11-7(13-10)5-12-6-9(3-4-9)8(14)15-2/h5H,3-4,6,10H2,1-2H3,(H,11,13). The summed E-state index contributed by atoms with van der Waals surface area (Å²) in [4.78, 5) is 19.3. The molecule has 1 fully saturated rings. The minimum absolute atomic E-state index is 0.185. The van der Waals surface area contributed by atoms with Crippen molar-refractivity contribution in [2.75, 3.05) is 20.7 Å². The molecule has 0 heterocycles. The summed E-state index contributed by atoms with van der Waals surface area (Å²) >= 11 is 0. The lowest BCUT2D eigenvalue weighted by Crippen LogP contribution is -2.31. The van der Waals surface area contributed by atoms with Gasteiger partial charge in [-0.15, -0.1) is 0 Å². The molecule has 6 heteroatoms. The van der Waals surface area contributed by atoms with Crippen molar-refractivity contribution in [2.24, 2.45) is 21.2 Å². The zero-order valence-corrected chi connectivity index (χ0v) is 8.99. The second kappa shape index (κ2) is 4.88. The topological polar surface area (TPSA) is 89.1 Å². The zero-order chi connectivity index (χ0) is 11.3. The molecule has 0 radical (unpaired) electrons. The Morgan fingerprint density at radius 2 is 2.33 bits per heavy atom. The van der Waals surface area contributed by atoms with Gasteiger partial charge in [0.05, 0.1) is 25.3 Å². The Balaban J connectivity index is 2.47. The summed E-state index contributed by atoms with van der Waals surface area (Å²) < 4.78 is 4.70. The number of aliphatic imine (C=N–C) groups is 2. The number of nitrogens with two attached hydrogens (primary N) is 1. The van der Waals surface area contributed by atoms with Crippen LogP contribution >= 0.6 is 0 Å². The van der Waals surface area contributed by atoms with Crippen molar-refractivity contribution in [1.29, 1.82) is 0 Å². The number of esters is 1. The second-order valence-electron chi connectivity index (χ2n) is 3.49. The Morgan fingerprint density at radius 3 is 2.73 bits per heavy atom. The van der Waals surface area contributed by atoms with E-state index in [4.69, 9.17) is 10.6 Å². The van der Waals surface area contributed by atoms with E-state index in [0.717, 1.165) is 12.8 Å². The fourth-order valence-electron chi connectivity index (χ4n) is 1.26. The van der Waals surface area contributed by atoms with Crippen LogP contribution in [0.2, 0.25) is 0 Å². The minimum atomic E-state index is -0.390. The van der Waals surface area contributed by atoms with Gasteiger partial charge in [-0.05, 0) is 12.8 Å². The number of hydrogen-bond donors (Lipinski definition) is 2. The lowest BCUT2D eigenvalue weighted by molar-refractivity contribution is -0.146. The Kier molecular flexibility index (Phi) is 3.79. The van der Waals surface area contributed by atoms with E-state index in [-0.39, 0.29) is 5.97 Å². The van der Waals surface area contributed by atoms with Gasteiger partial charge in [0, 0.05) is 7.05 Å². The highest BCUT2D eigenvalue weighted by atomic mass is 16.5. The average Bonchev–Trinajstić information content (AvgIpc) is 3.04. The molecule has 0 bridgehead atoms. The highest BCUT2D eigenvalue weighted by Gasteiger charge is 2.50. The molecule has 0 unspecified atom stereocenters. The lowest BCUT2D eigenvalue weighted by Gasteiger charge is -2.08. The Morgan fingerprint density at radius 1 is 1.67 bits per heavy atom. The predicted molar refractivity (Wildman–Crippen MR) is 57.7 cm³/mol. The maximum absolute atomic E-state index is 11.3. The fraction of sp³-hybridized carbons (Fsp3) is 0.667. The first-order valence-corrected chi connectivity index (χ1v) is 4.70. The van der Waals surface area contributed by atoms with Crippen molar-refractivity contribution in [2.45, 2.75) is 12.8 Å². The van der Waals surface area contributed by atoms with Gasteiger partial charge in [-0.2, -0.15) is 0 Å². The van der Waals surface area contributed by atoms with Crippen LogP contribution in [-0.4, -0.2) is 38.7 Å². The monoisotopic (exact) mass is 212 g/mol. The van der Waals surface area contributed by atoms with Crippen LogP contribution in [0.3, 0.4) is 0 Å². The number of hydrogen-bond acceptors (Lipinski definition) is 5. The molecular weight excluding hydrogens is 196 g/mol. The minimum Gasteiger partial charge on any atom is -0.469 e. The normalized spacial score (nSPS) is 19.0. The maximum atomic E-state index is 11.3. The van der Waals surface area contributed by atoms with Crippen LogP contribution in [0.1, 0.15) is 12.8 Å². The molecule has 0 atom stereocenters. The van der Waals surface area contributed by atoms with Gasteiger partial charge in [0.2, 0.25) is 0 Å². The highest BCUT2D eigenvalue weighted by Crippen LogP contribution is 2.46. The molecule has 0 aliphatic heterocycles. The second-order valence-corrected chi connectivity index (χ2v) is 3.49. The van der Waals surface area contributed by atoms with Gasteiger partial charge in [0.15, 0.2) is 5.84 Å². The summed E-state index contributed by atoms with van der Waals surface area (Å²) in [5.74, 6) is 5.47. The van der Waals surface area contributed by atoms with E-state index in [0.29, 0.717) is 12.4 Å². The van der Waals surface area contributed by atoms with Crippen LogP contribution in [0.15, 0.2) is 9.98 Å². The third kappa shape index (κ3) is 2.76. The van der Waals surface area contributed by atoms with E-state index in [9.17, 15) is 4.79 Å². The SMILES string of the molecule is CN=C(C=NCC1(C(=O)OC)CC1)NN. The number of carbonyl (C=O) groups is 1. The van der Waals surface area contributed by atoms with Crippen molar-refractivity contribution in [3.8, 4) is 0 Å². The quantitative estimate of drug-likeness (QED) is 0.216. The molecule has 15 heavy (non-hydrogen) atoms. The first kappa shape index (κ1) is 11.6. The molecular formula is C9H16N4O2. The molecule has 0 aromatic carbocycles. The summed E-state index contributed by atoms with van der Waals surface area (Å²) in [5, 5.41) is 0. The Labute approximate surface area is 88.6 Å². The van der Waals surface area contributed by atoms with Crippen LogP contribution in [0.25, 0.3) is 0 Å². The number of hydrazine groups is 1. The molecule has 1 aliphatic carbocycles. The Bertz CT molecular complexity index is 294. The van der Waals surface area contributed by atoms with Gasteiger partial charge >= 0.3 is 5.97 Å². The van der Waals surface area contributed by atoms with Crippen molar-refractivity contribution in [3.05, 3.63) is 0 Å². The number of ether oxygens (including phenoxy) is 1. The van der Waals surface area contributed by atoms with Crippen LogP contribution in [-0.2, 0) is 9.53 Å². The molecule has 1 aliphatic rings. The first-order chi connectivity index (χ1) is 7.18. The molecule has 1 saturated carbocycles. The fourth-order valence-corrected chi connectivity index (χ4v) is 1.26. The van der Waals surface area contributed by atoms with Crippen molar-refractivity contribution >= 4 is 18.0 Å². The summed E-state index contributed by atoms with van der Waals surface area (Å²) in [7, 11) is 3.00. The van der Waals surface area contributed by atoms with E-state index in [1.165, 1.54) is 13.3 Å². The number of rotatable bonds is 4. The third-order valence-electron chi connectivity index (χ3n) is 2.47. The molecule has 0 aromatic rings. The molecule has 84 valence electrons. The number of carbonyl (C=O) groups excluding carboxylic acids is 1. The van der Waals surface area contributed by atoms with Crippen molar-refractivity contribution in [1.82, 2.24) is 5.43 Å². The highest BCUT2D eigenvalue weighted by molar-refractivity contribution is 6.29. The van der Waals surface area contributed by atoms with Gasteiger partial charge in [0.1, 0.15) is 0 Å². The van der Waals surface area contributed by atoms with Crippen molar-refractivity contribution in [3.63, 3.8) is 0 Å². The third-order valence-corrected chi connectivity index (χ3v) is 2.47. The number of amidine groups is 1. The zero-order valence-electron chi connectivity index (χ0n) is 8.99. The first-order valence-electron chi connectivity index (χ1n) is 4.70. The number of methoxy groups -OCH3 is 1. The summed E-state index contributed by atoms with van der Waals surface area (Å²) in [6.07, 6.45) is 3.19.